The van der Waals surface area contributed by atoms with Gasteiger partial charge in [0.15, 0.2) is 0 Å². The van der Waals surface area contributed by atoms with Gasteiger partial charge in [-0.2, -0.15) is 0 Å². The number of allylic oxidation sites excluding steroid dienone is 2. The van der Waals surface area contributed by atoms with E-state index in [1.165, 1.54) is 0 Å². The number of amides is 1. The van der Waals surface area contributed by atoms with Gasteiger partial charge in [0.05, 0.1) is 24.4 Å². The van der Waals surface area contributed by atoms with Gasteiger partial charge in [0.2, 0.25) is 0 Å². The van der Waals surface area contributed by atoms with Gasteiger partial charge in [-0.3, -0.25) is 15.1 Å². The first-order valence-corrected chi connectivity index (χ1v) is 12.0. The summed E-state index contributed by atoms with van der Waals surface area (Å²) in [6, 6.07) is 11.0. The van der Waals surface area contributed by atoms with Crippen molar-refractivity contribution in [2.75, 3.05) is 5.32 Å². The van der Waals surface area contributed by atoms with Gasteiger partial charge in [-0.05, 0) is 58.9 Å². The SMILES string of the molecule is CC1(C)CC(OC(=O)Nc2cccnc2)CC(c2ccc(Cl)cc2)=C1C=C[C@@H]1C[C@@H](O)CC(=O)O1. The molecule has 184 valence electrons. The number of hydrogen-bond donors (Lipinski definition) is 2. The molecule has 1 aliphatic heterocycles. The third-order valence-electron chi connectivity index (χ3n) is 6.27. The second kappa shape index (κ2) is 10.6. The van der Waals surface area contributed by atoms with E-state index in [2.05, 4.69) is 24.1 Å². The predicted octanol–water partition coefficient (Wildman–Crippen LogP) is 5.55. The number of cyclic esters (lactones) is 1. The summed E-state index contributed by atoms with van der Waals surface area (Å²) in [5.74, 6) is -0.402. The zero-order valence-electron chi connectivity index (χ0n) is 19.7. The van der Waals surface area contributed by atoms with Crippen LogP contribution in [0.5, 0.6) is 0 Å². The van der Waals surface area contributed by atoms with Crippen LogP contribution in [0, 0.1) is 5.41 Å². The summed E-state index contributed by atoms with van der Waals surface area (Å²) in [5.41, 5.74) is 3.28. The molecule has 7 nitrogen and oxygen atoms in total. The fourth-order valence-electron chi connectivity index (χ4n) is 4.70. The summed E-state index contributed by atoms with van der Waals surface area (Å²) in [6.45, 7) is 4.19. The van der Waals surface area contributed by atoms with E-state index in [-0.39, 0.29) is 17.9 Å². The maximum Gasteiger partial charge on any atom is 0.411 e. The lowest BCUT2D eigenvalue weighted by Gasteiger charge is -2.38. The summed E-state index contributed by atoms with van der Waals surface area (Å²) in [5, 5.41) is 13.3. The Bertz CT molecular complexity index is 1130. The molecule has 3 atom stereocenters. The van der Waals surface area contributed by atoms with E-state index in [1.54, 1.807) is 24.5 Å². The monoisotopic (exact) mass is 496 g/mol. The van der Waals surface area contributed by atoms with Crippen LogP contribution >= 0.6 is 11.6 Å². The molecule has 2 N–H and O–H groups in total. The number of benzene rings is 1. The fourth-order valence-corrected chi connectivity index (χ4v) is 4.82. The van der Waals surface area contributed by atoms with Crippen LogP contribution in [0.3, 0.4) is 0 Å². The zero-order valence-corrected chi connectivity index (χ0v) is 20.5. The van der Waals surface area contributed by atoms with E-state index in [4.69, 9.17) is 21.1 Å². The number of nitrogens with one attached hydrogen (secondary N) is 1. The lowest BCUT2D eigenvalue weighted by Crippen LogP contribution is -2.34. The number of halogens is 1. The highest BCUT2D eigenvalue weighted by Crippen LogP contribution is 2.46. The quantitative estimate of drug-likeness (QED) is 0.527. The van der Waals surface area contributed by atoms with E-state index in [0.29, 0.717) is 30.0 Å². The number of ether oxygens (including phenoxy) is 2. The number of anilines is 1. The van der Waals surface area contributed by atoms with Crippen LogP contribution in [0.4, 0.5) is 10.5 Å². The van der Waals surface area contributed by atoms with Gasteiger partial charge in [0.25, 0.3) is 0 Å². The second-order valence-corrected chi connectivity index (χ2v) is 10.0. The Kier molecular flexibility index (Phi) is 7.57. The molecule has 1 aliphatic carbocycles. The van der Waals surface area contributed by atoms with Gasteiger partial charge in [0.1, 0.15) is 12.2 Å². The van der Waals surface area contributed by atoms with Gasteiger partial charge in [-0.15, -0.1) is 0 Å². The van der Waals surface area contributed by atoms with E-state index in [9.17, 15) is 14.7 Å². The van der Waals surface area contributed by atoms with Crippen molar-refractivity contribution in [1.82, 2.24) is 4.98 Å². The molecule has 1 fully saturated rings. The standard InChI is InChI=1S/C27H29ClN2O5/c1-27(2)15-22(35-26(33)30-19-4-3-11-29-16-19)14-23(17-5-7-18(28)8-6-17)24(27)10-9-21-12-20(31)13-25(32)34-21/h3-11,16,20-22,31H,12-15H2,1-2H3,(H,30,33)/t20-,21-,22?/m1/s1. The van der Waals surface area contributed by atoms with Gasteiger partial charge in [-0.25, -0.2) is 4.79 Å². The van der Waals surface area contributed by atoms with E-state index < -0.39 is 24.3 Å². The van der Waals surface area contributed by atoms with E-state index in [1.807, 2.05) is 36.4 Å². The van der Waals surface area contributed by atoms with E-state index >= 15 is 0 Å². The molecule has 35 heavy (non-hydrogen) atoms. The number of hydrogen-bond acceptors (Lipinski definition) is 6. The number of carbonyl (C=O) groups excluding carboxylic acids is 2. The molecule has 0 saturated carbocycles. The predicted molar refractivity (Wildman–Crippen MR) is 134 cm³/mol. The van der Waals surface area contributed by atoms with Crippen molar-refractivity contribution in [2.45, 2.75) is 57.8 Å². The molecule has 1 unspecified atom stereocenters. The van der Waals surface area contributed by atoms with Crippen molar-refractivity contribution in [3.63, 3.8) is 0 Å². The van der Waals surface area contributed by atoms with Crippen molar-refractivity contribution in [1.29, 1.82) is 0 Å². The van der Waals surface area contributed by atoms with Crippen LogP contribution < -0.4 is 5.32 Å². The van der Waals surface area contributed by atoms with Crippen LogP contribution in [-0.2, 0) is 14.3 Å². The Labute approximate surface area is 209 Å². The number of aliphatic hydroxyl groups excluding tert-OH is 1. The first-order valence-electron chi connectivity index (χ1n) is 11.6. The number of aromatic nitrogens is 1. The highest BCUT2D eigenvalue weighted by molar-refractivity contribution is 6.30. The Morgan fingerprint density at radius 2 is 2.03 bits per heavy atom. The largest absolute Gasteiger partial charge is 0.458 e. The van der Waals surface area contributed by atoms with E-state index in [0.717, 1.165) is 16.7 Å². The van der Waals surface area contributed by atoms with Gasteiger partial charge < -0.3 is 14.6 Å². The van der Waals surface area contributed by atoms with Crippen molar-refractivity contribution in [3.8, 4) is 0 Å². The van der Waals surface area contributed by atoms with Gasteiger partial charge in [-0.1, -0.05) is 43.7 Å². The number of rotatable bonds is 5. The highest BCUT2D eigenvalue weighted by Gasteiger charge is 2.36. The maximum atomic E-state index is 12.6. The first kappa shape index (κ1) is 24.9. The molecule has 8 heteroatoms. The molecule has 0 bridgehead atoms. The molecule has 4 rings (SSSR count). The molecule has 1 amide bonds. The second-order valence-electron chi connectivity index (χ2n) is 9.57. The normalized spacial score (nSPS) is 24.2. The molecular weight excluding hydrogens is 468 g/mol. The zero-order chi connectivity index (χ0) is 25.0. The van der Waals surface area contributed by atoms with Crippen LogP contribution in [0.1, 0.15) is 45.1 Å². The lowest BCUT2D eigenvalue weighted by molar-refractivity contribution is -0.156. The molecule has 2 aromatic rings. The van der Waals surface area contributed by atoms with Crippen LogP contribution in [0.15, 0.2) is 66.5 Å². The van der Waals surface area contributed by atoms with Gasteiger partial charge >= 0.3 is 12.1 Å². The molecule has 0 radical (unpaired) electrons. The van der Waals surface area contributed by atoms with Crippen LogP contribution in [-0.4, -0.2) is 40.5 Å². The first-order chi connectivity index (χ1) is 16.7. The van der Waals surface area contributed by atoms with Crippen molar-refractivity contribution in [2.24, 2.45) is 5.41 Å². The number of esters is 1. The average Bonchev–Trinajstić information content (AvgIpc) is 2.78. The third-order valence-corrected chi connectivity index (χ3v) is 6.52. The topological polar surface area (TPSA) is 97.8 Å². The Hall–Kier alpha value is -3.16. The summed E-state index contributed by atoms with van der Waals surface area (Å²) in [6.07, 6.45) is 6.45. The summed E-state index contributed by atoms with van der Waals surface area (Å²) >= 11 is 6.12. The van der Waals surface area contributed by atoms with Crippen LogP contribution in [0.2, 0.25) is 5.02 Å². The Morgan fingerprint density at radius 1 is 1.26 bits per heavy atom. The number of pyridine rings is 1. The average molecular weight is 497 g/mol. The number of nitrogens with zero attached hydrogens (tertiary/aromatic N) is 1. The minimum absolute atomic E-state index is 0.0225. The lowest BCUT2D eigenvalue weighted by atomic mass is 9.69. The highest BCUT2D eigenvalue weighted by atomic mass is 35.5. The minimum atomic E-state index is -0.703. The number of carbonyl (C=O) groups is 2. The summed E-state index contributed by atoms with van der Waals surface area (Å²) < 4.78 is 11.2. The van der Waals surface area contributed by atoms with Crippen molar-refractivity contribution >= 4 is 34.9 Å². The summed E-state index contributed by atoms with van der Waals surface area (Å²) in [7, 11) is 0. The summed E-state index contributed by atoms with van der Waals surface area (Å²) in [4.78, 5) is 28.3. The molecule has 1 saturated heterocycles. The maximum absolute atomic E-state index is 12.6. The molecule has 1 aromatic heterocycles. The van der Waals surface area contributed by atoms with Crippen molar-refractivity contribution in [3.05, 3.63) is 77.1 Å². The molecule has 2 heterocycles. The Balaban J connectivity index is 1.60. The van der Waals surface area contributed by atoms with Crippen LogP contribution in [0.25, 0.3) is 5.57 Å². The third kappa shape index (κ3) is 6.50. The molecular formula is C27H29ClN2O5. The Morgan fingerprint density at radius 3 is 2.71 bits per heavy atom. The van der Waals surface area contributed by atoms with Gasteiger partial charge in [0, 0.05) is 24.1 Å². The molecule has 1 aromatic carbocycles. The number of aliphatic hydroxyl groups is 1. The molecule has 0 spiro atoms. The minimum Gasteiger partial charge on any atom is -0.458 e. The van der Waals surface area contributed by atoms with Crippen molar-refractivity contribution < 1.29 is 24.2 Å². The molecule has 2 aliphatic rings. The fraction of sp³-hybridized carbons (Fsp3) is 0.370. The smallest absolute Gasteiger partial charge is 0.411 e.